The predicted molar refractivity (Wildman–Crippen MR) is 71.8 cm³/mol. The van der Waals surface area contributed by atoms with Gasteiger partial charge in [-0.15, -0.1) is 0 Å². The summed E-state index contributed by atoms with van der Waals surface area (Å²) in [5.74, 6) is -2.63. The van der Waals surface area contributed by atoms with Gasteiger partial charge in [0.05, 0.1) is 13.2 Å². The second-order valence-corrected chi connectivity index (χ2v) is 4.38. The van der Waals surface area contributed by atoms with Crippen molar-refractivity contribution in [2.45, 2.75) is 32.6 Å². The molecule has 21 heavy (non-hydrogen) atoms. The van der Waals surface area contributed by atoms with Crippen LogP contribution in [0.2, 0.25) is 0 Å². The van der Waals surface area contributed by atoms with Crippen LogP contribution < -0.4 is 9.47 Å². The summed E-state index contributed by atoms with van der Waals surface area (Å²) in [7, 11) is 0. The van der Waals surface area contributed by atoms with Gasteiger partial charge in [0.25, 0.3) is 6.08 Å². The van der Waals surface area contributed by atoms with E-state index in [1.807, 2.05) is 6.92 Å². The SMILES string of the molecule is CCCCOc1ccc(OCCCC=C(F)F)c(F)c1F. The molecule has 0 aliphatic rings. The topological polar surface area (TPSA) is 18.5 Å². The Bertz CT molecular complexity index is 471. The zero-order chi connectivity index (χ0) is 15.7. The molecule has 0 aromatic heterocycles. The maximum Gasteiger partial charge on any atom is 0.266 e. The Morgan fingerprint density at radius 3 is 2.00 bits per heavy atom. The number of ether oxygens (including phenoxy) is 2. The van der Waals surface area contributed by atoms with Crippen molar-refractivity contribution < 1.29 is 27.0 Å². The highest BCUT2D eigenvalue weighted by atomic mass is 19.3. The van der Waals surface area contributed by atoms with E-state index >= 15 is 0 Å². The summed E-state index contributed by atoms with van der Waals surface area (Å²) < 4.78 is 61.1. The lowest BCUT2D eigenvalue weighted by Crippen LogP contribution is -2.03. The zero-order valence-corrected chi connectivity index (χ0v) is 11.8. The molecule has 118 valence electrons. The smallest absolute Gasteiger partial charge is 0.266 e. The molecular formula is C15H18F4O2. The molecule has 1 aromatic rings. The highest BCUT2D eigenvalue weighted by Crippen LogP contribution is 2.27. The number of hydrogen-bond acceptors (Lipinski definition) is 2. The Kier molecular flexibility index (Phi) is 7.64. The van der Waals surface area contributed by atoms with E-state index in [0.717, 1.165) is 18.9 Å². The van der Waals surface area contributed by atoms with Crippen molar-refractivity contribution in [1.29, 1.82) is 0 Å². The Labute approximate surface area is 121 Å². The third kappa shape index (κ3) is 6.06. The van der Waals surface area contributed by atoms with Gasteiger partial charge in [-0.2, -0.15) is 17.6 Å². The number of rotatable bonds is 9. The van der Waals surface area contributed by atoms with Gasteiger partial charge in [0.1, 0.15) is 0 Å². The highest BCUT2D eigenvalue weighted by Gasteiger charge is 2.15. The van der Waals surface area contributed by atoms with Gasteiger partial charge in [-0.1, -0.05) is 13.3 Å². The van der Waals surface area contributed by atoms with Crippen molar-refractivity contribution in [3.05, 3.63) is 35.9 Å². The van der Waals surface area contributed by atoms with E-state index in [1.165, 1.54) is 12.1 Å². The van der Waals surface area contributed by atoms with Crippen molar-refractivity contribution in [1.82, 2.24) is 0 Å². The van der Waals surface area contributed by atoms with E-state index in [-0.39, 0.29) is 30.9 Å². The van der Waals surface area contributed by atoms with Crippen LogP contribution in [0.3, 0.4) is 0 Å². The Morgan fingerprint density at radius 2 is 1.52 bits per heavy atom. The van der Waals surface area contributed by atoms with Gasteiger partial charge in [-0.25, -0.2) is 0 Å². The molecule has 0 N–H and O–H groups in total. The quantitative estimate of drug-likeness (QED) is 0.468. The number of benzene rings is 1. The van der Waals surface area contributed by atoms with Crippen LogP contribution in [-0.2, 0) is 0 Å². The largest absolute Gasteiger partial charge is 0.490 e. The van der Waals surface area contributed by atoms with E-state index in [4.69, 9.17) is 9.47 Å². The fraction of sp³-hybridized carbons (Fsp3) is 0.467. The van der Waals surface area contributed by atoms with Gasteiger partial charge in [0.2, 0.25) is 11.6 Å². The monoisotopic (exact) mass is 306 g/mol. The predicted octanol–water partition coefficient (Wildman–Crippen LogP) is 5.08. The van der Waals surface area contributed by atoms with Crippen molar-refractivity contribution in [2.75, 3.05) is 13.2 Å². The molecule has 2 nitrogen and oxygen atoms in total. The lowest BCUT2D eigenvalue weighted by atomic mass is 10.3. The average molecular weight is 306 g/mol. The molecule has 0 aliphatic carbocycles. The summed E-state index contributed by atoms with van der Waals surface area (Å²) >= 11 is 0. The zero-order valence-electron chi connectivity index (χ0n) is 11.8. The lowest BCUT2D eigenvalue weighted by Gasteiger charge is -2.11. The molecule has 0 aliphatic heterocycles. The van der Waals surface area contributed by atoms with E-state index in [0.29, 0.717) is 6.61 Å². The van der Waals surface area contributed by atoms with Gasteiger partial charge >= 0.3 is 0 Å². The molecule has 0 heterocycles. The first-order valence-corrected chi connectivity index (χ1v) is 6.81. The maximum atomic E-state index is 13.7. The van der Waals surface area contributed by atoms with Gasteiger partial charge in [0.15, 0.2) is 11.5 Å². The van der Waals surface area contributed by atoms with Crippen molar-refractivity contribution in [3.8, 4) is 11.5 Å². The van der Waals surface area contributed by atoms with E-state index in [2.05, 4.69) is 0 Å². The van der Waals surface area contributed by atoms with Crippen LogP contribution in [-0.4, -0.2) is 13.2 Å². The van der Waals surface area contributed by atoms with Gasteiger partial charge < -0.3 is 9.47 Å². The molecule has 0 bridgehead atoms. The molecule has 0 spiro atoms. The van der Waals surface area contributed by atoms with Crippen LogP contribution in [0, 0.1) is 11.6 Å². The van der Waals surface area contributed by atoms with Crippen LogP contribution in [0.15, 0.2) is 24.3 Å². The van der Waals surface area contributed by atoms with Crippen LogP contribution in [0.4, 0.5) is 17.6 Å². The van der Waals surface area contributed by atoms with Gasteiger partial charge in [0, 0.05) is 0 Å². The molecule has 1 aromatic carbocycles. The number of hydrogen-bond donors (Lipinski definition) is 0. The van der Waals surface area contributed by atoms with Crippen LogP contribution >= 0.6 is 0 Å². The molecular weight excluding hydrogens is 288 g/mol. The number of unbranched alkanes of at least 4 members (excludes halogenated alkanes) is 2. The molecule has 6 heteroatoms. The number of halogens is 4. The number of allylic oxidation sites excluding steroid dienone is 1. The summed E-state index contributed by atoms with van der Waals surface area (Å²) in [4.78, 5) is 0. The standard InChI is InChI=1S/C15H18F4O2/c1-2-3-9-20-11-7-8-12(15(19)14(11)18)21-10-5-4-6-13(16)17/h6-8H,2-5,9-10H2,1H3. The van der Waals surface area contributed by atoms with Crippen LogP contribution in [0.5, 0.6) is 11.5 Å². The first-order chi connectivity index (χ1) is 10.1. The third-order valence-electron chi connectivity index (χ3n) is 2.67. The molecule has 0 saturated heterocycles. The molecule has 0 unspecified atom stereocenters. The van der Waals surface area contributed by atoms with Gasteiger partial charge in [-0.3, -0.25) is 0 Å². The van der Waals surface area contributed by atoms with Crippen LogP contribution in [0.25, 0.3) is 0 Å². The minimum absolute atomic E-state index is 0.0240. The summed E-state index contributed by atoms with van der Waals surface area (Å²) in [5, 5.41) is 0. The lowest BCUT2D eigenvalue weighted by molar-refractivity contribution is 0.270. The fourth-order valence-corrected chi connectivity index (χ4v) is 1.54. The molecule has 0 atom stereocenters. The Balaban J connectivity index is 2.52. The minimum atomic E-state index is -1.76. The summed E-state index contributed by atoms with van der Waals surface area (Å²) in [6.07, 6.45) is 1.03. The van der Waals surface area contributed by atoms with Crippen molar-refractivity contribution in [2.24, 2.45) is 0 Å². The molecule has 0 radical (unpaired) electrons. The third-order valence-corrected chi connectivity index (χ3v) is 2.67. The summed E-state index contributed by atoms with van der Waals surface area (Å²) in [5.41, 5.74) is 0. The maximum absolute atomic E-state index is 13.7. The minimum Gasteiger partial charge on any atom is -0.490 e. The van der Waals surface area contributed by atoms with E-state index in [1.54, 1.807) is 0 Å². The Morgan fingerprint density at radius 1 is 1.00 bits per heavy atom. The average Bonchev–Trinajstić information content (AvgIpc) is 2.45. The molecule has 0 saturated carbocycles. The molecule has 0 amide bonds. The van der Waals surface area contributed by atoms with E-state index in [9.17, 15) is 17.6 Å². The first kappa shape index (κ1) is 17.3. The molecule has 0 fully saturated rings. The van der Waals surface area contributed by atoms with Gasteiger partial charge in [-0.05, 0) is 37.5 Å². The van der Waals surface area contributed by atoms with Crippen molar-refractivity contribution >= 4 is 0 Å². The van der Waals surface area contributed by atoms with Crippen molar-refractivity contribution in [3.63, 3.8) is 0 Å². The highest BCUT2D eigenvalue weighted by molar-refractivity contribution is 5.35. The molecule has 1 rings (SSSR count). The van der Waals surface area contributed by atoms with Crippen LogP contribution in [0.1, 0.15) is 32.6 Å². The second-order valence-electron chi connectivity index (χ2n) is 4.38. The van der Waals surface area contributed by atoms with E-state index < -0.39 is 17.7 Å². The second kappa shape index (κ2) is 9.26. The Hall–Kier alpha value is -1.72. The first-order valence-electron chi connectivity index (χ1n) is 6.81. The normalized spacial score (nSPS) is 10.3. The summed E-state index contributed by atoms with van der Waals surface area (Å²) in [6, 6.07) is 2.57. The summed E-state index contributed by atoms with van der Waals surface area (Å²) in [6.45, 7) is 2.30. The fourth-order valence-electron chi connectivity index (χ4n) is 1.54.